The van der Waals surface area contributed by atoms with E-state index < -0.39 is 24.3 Å². The summed E-state index contributed by atoms with van der Waals surface area (Å²) in [4.78, 5) is 23.4. The van der Waals surface area contributed by atoms with Crippen LogP contribution in [0.3, 0.4) is 0 Å². The van der Waals surface area contributed by atoms with Gasteiger partial charge >= 0.3 is 5.97 Å². The first-order chi connectivity index (χ1) is 11.5. The first kappa shape index (κ1) is 18.2. The average Bonchev–Trinajstić information content (AvgIpc) is 2.54. The molecule has 4 nitrogen and oxygen atoms in total. The molecule has 0 aliphatic heterocycles. The van der Waals surface area contributed by atoms with E-state index in [0.29, 0.717) is 18.0 Å². The van der Waals surface area contributed by atoms with E-state index in [1.807, 2.05) is 12.1 Å². The van der Waals surface area contributed by atoms with Crippen molar-refractivity contribution < 1.29 is 18.7 Å². The zero-order valence-electron chi connectivity index (χ0n) is 12.5. The second-order valence-corrected chi connectivity index (χ2v) is 5.77. The maximum absolute atomic E-state index is 12.9. The number of carbonyl (C=O) groups is 2. The van der Waals surface area contributed by atoms with E-state index in [0.717, 1.165) is 17.7 Å². The van der Waals surface area contributed by atoms with Crippen molar-refractivity contribution in [3.63, 3.8) is 0 Å². The normalized spacial score (nSPS) is 10.3. The Labute approximate surface area is 148 Å². The lowest BCUT2D eigenvalue weighted by Crippen LogP contribution is -2.30. The topological polar surface area (TPSA) is 55.4 Å². The molecule has 0 aromatic heterocycles. The maximum atomic E-state index is 12.9. The van der Waals surface area contributed by atoms with Gasteiger partial charge in [-0.25, -0.2) is 9.18 Å². The Morgan fingerprint density at radius 3 is 2.46 bits per heavy atom. The highest BCUT2D eigenvalue weighted by atomic mass is 35.5. The molecular weight excluding hydrogens is 356 g/mol. The Hall–Kier alpha value is -2.11. The van der Waals surface area contributed by atoms with Crippen LogP contribution < -0.4 is 5.32 Å². The number of carbonyl (C=O) groups excluding carboxylic acids is 2. The lowest BCUT2D eigenvalue weighted by Gasteiger charge is -2.08. The molecule has 0 spiro atoms. The second kappa shape index (κ2) is 8.66. The monoisotopic (exact) mass is 369 g/mol. The van der Waals surface area contributed by atoms with Crippen molar-refractivity contribution in [3.8, 4) is 0 Å². The third-order valence-electron chi connectivity index (χ3n) is 3.13. The van der Waals surface area contributed by atoms with Crippen molar-refractivity contribution in [2.24, 2.45) is 0 Å². The maximum Gasteiger partial charge on any atom is 0.340 e. The fourth-order valence-corrected chi connectivity index (χ4v) is 2.28. The molecule has 0 fully saturated rings. The van der Waals surface area contributed by atoms with Crippen LogP contribution in [0.1, 0.15) is 15.9 Å². The molecule has 1 amide bonds. The molecule has 0 unspecified atom stereocenters. The molecular formula is C17H14Cl2FNO3. The summed E-state index contributed by atoms with van der Waals surface area (Å²) in [6.45, 7) is -0.0392. The van der Waals surface area contributed by atoms with E-state index in [9.17, 15) is 14.0 Å². The number of hydrogen-bond acceptors (Lipinski definition) is 3. The molecule has 0 aliphatic carbocycles. The molecule has 0 saturated heterocycles. The standard InChI is InChI=1S/C17H14Cl2FNO3/c18-12-3-1-11(2-4-12)7-8-21-16(22)10-24-17(23)14-6-5-13(20)9-15(14)19/h1-6,9H,7-8,10H2,(H,21,22). The van der Waals surface area contributed by atoms with E-state index in [4.69, 9.17) is 27.9 Å². The van der Waals surface area contributed by atoms with Gasteiger partial charge in [0, 0.05) is 11.6 Å². The molecule has 24 heavy (non-hydrogen) atoms. The molecule has 0 aliphatic rings. The Morgan fingerprint density at radius 1 is 1.08 bits per heavy atom. The quantitative estimate of drug-likeness (QED) is 0.790. The number of halogens is 3. The number of hydrogen-bond donors (Lipinski definition) is 1. The zero-order valence-corrected chi connectivity index (χ0v) is 14.0. The zero-order chi connectivity index (χ0) is 17.5. The summed E-state index contributed by atoms with van der Waals surface area (Å²) in [6, 6.07) is 10.6. The first-order valence-electron chi connectivity index (χ1n) is 7.09. The Morgan fingerprint density at radius 2 is 1.79 bits per heavy atom. The minimum atomic E-state index is -0.784. The Balaban J connectivity index is 1.74. The van der Waals surface area contributed by atoms with Crippen LogP contribution in [0.25, 0.3) is 0 Å². The van der Waals surface area contributed by atoms with Gasteiger partial charge < -0.3 is 10.1 Å². The van der Waals surface area contributed by atoms with Crippen molar-refractivity contribution in [3.05, 3.63) is 69.5 Å². The van der Waals surface area contributed by atoms with E-state index in [2.05, 4.69) is 5.32 Å². The molecule has 0 saturated carbocycles. The Kier molecular flexibility index (Phi) is 6.58. The van der Waals surface area contributed by atoms with Crippen LogP contribution in [-0.2, 0) is 16.0 Å². The predicted molar refractivity (Wildman–Crippen MR) is 89.9 cm³/mol. The van der Waals surface area contributed by atoms with Crippen molar-refractivity contribution in [2.45, 2.75) is 6.42 Å². The van der Waals surface area contributed by atoms with Crippen LogP contribution >= 0.6 is 23.2 Å². The molecule has 0 bridgehead atoms. The summed E-state index contributed by atoms with van der Waals surface area (Å²) in [5, 5.41) is 3.22. The minimum absolute atomic E-state index is 0.00651. The van der Waals surface area contributed by atoms with Crippen molar-refractivity contribution >= 4 is 35.1 Å². The highest BCUT2D eigenvalue weighted by Crippen LogP contribution is 2.18. The first-order valence-corrected chi connectivity index (χ1v) is 7.84. The summed E-state index contributed by atoms with van der Waals surface area (Å²) in [5.41, 5.74) is 1.03. The Bertz CT molecular complexity index is 735. The molecule has 7 heteroatoms. The lowest BCUT2D eigenvalue weighted by molar-refractivity contribution is -0.124. The van der Waals surface area contributed by atoms with Crippen molar-refractivity contribution in [2.75, 3.05) is 13.2 Å². The lowest BCUT2D eigenvalue weighted by atomic mass is 10.1. The molecule has 2 rings (SSSR count). The van der Waals surface area contributed by atoms with Crippen LogP contribution in [0.5, 0.6) is 0 Å². The van der Waals surface area contributed by atoms with Gasteiger partial charge in [0.15, 0.2) is 6.61 Å². The predicted octanol–water partition coefficient (Wildman–Crippen LogP) is 3.65. The summed E-state index contributed by atoms with van der Waals surface area (Å²) >= 11 is 11.5. The van der Waals surface area contributed by atoms with Crippen LogP contribution in [0.15, 0.2) is 42.5 Å². The molecule has 126 valence electrons. The number of benzene rings is 2. The van der Waals surface area contributed by atoms with Gasteiger partial charge in [-0.15, -0.1) is 0 Å². The number of amides is 1. The van der Waals surface area contributed by atoms with Gasteiger partial charge in [-0.2, -0.15) is 0 Å². The third kappa shape index (κ3) is 5.51. The number of ether oxygens (including phenoxy) is 1. The average molecular weight is 370 g/mol. The molecule has 1 N–H and O–H groups in total. The molecule has 2 aromatic carbocycles. The van der Waals surface area contributed by atoms with Gasteiger partial charge in [0.05, 0.1) is 10.6 Å². The van der Waals surface area contributed by atoms with Gasteiger partial charge in [-0.3, -0.25) is 4.79 Å². The minimum Gasteiger partial charge on any atom is -0.452 e. The fraction of sp³-hybridized carbons (Fsp3) is 0.176. The van der Waals surface area contributed by atoms with Gasteiger partial charge in [0.25, 0.3) is 5.91 Å². The van der Waals surface area contributed by atoms with Crippen molar-refractivity contribution in [1.29, 1.82) is 0 Å². The number of esters is 1. The van der Waals surface area contributed by atoms with Crippen LogP contribution in [0.2, 0.25) is 10.0 Å². The SMILES string of the molecule is O=C(COC(=O)c1ccc(F)cc1Cl)NCCc1ccc(Cl)cc1. The fourth-order valence-electron chi connectivity index (χ4n) is 1.91. The van der Waals surface area contributed by atoms with Crippen LogP contribution in [0.4, 0.5) is 4.39 Å². The summed E-state index contributed by atoms with van der Waals surface area (Å²) in [5.74, 6) is -1.78. The summed E-state index contributed by atoms with van der Waals surface area (Å²) in [6.07, 6.45) is 0.626. The molecule has 2 aromatic rings. The molecule has 0 radical (unpaired) electrons. The van der Waals surface area contributed by atoms with Crippen molar-refractivity contribution in [1.82, 2.24) is 5.32 Å². The largest absolute Gasteiger partial charge is 0.452 e. The summed E-state index contributed by atoms with van der Waals surface area (Å²) in [7, 11) is 0. The van der Waals surface area contributed by atoms with Gasteiger partial charge in [-0.1, -0.05) is 35.3 Å². The number of rotatable bonds is 6. The highest BCUT2D eigenvalue weighted by molar-refractivity contribution is 6.33. The molecule has 0 atom stereocenters. The van der Waals surface area contributed by atoms with Crippen LogP contribution in [0, 0.1) is 5.82 Å². The van der Waals surface area contributed by atoms with Gasteiger partial charge in [0.2, 0.25) is 0 Å². The smallest absolute Gasteiger partial charge is 0.340 e. The van der Waals surface area contributed by atoms with E-state index >= 15 is 0 Å². The van der Waals surface area contributed by atoms with E-state index in [1.165, 1.54) is 6.07 Å². The van der Waals surface area contributed by atoms with Gasteiger partial charge in [0.1, 0.15) is 5.82 Å². The summed E-state index contributed by atoms with van der Waals surface area (Å²) < 4.78 is 17.8. The van der Waals surface area contributed by atoms with E-state index in [-0.39, 0.29) is 10.6 Å². The van der Waals surface area contributed by atoms with Crippen LogP contribution in [-0.4, -0.2) is 25.0 Å². The van der Waals surface area contributed by atoms with Gasteiger partial charge in [-0.05, 0) is 42.3 Å². The third-order valence-corrected chi connectivity index (χ3v) is 3.70. The highest BCUT2D eigenvalue weighted by Gasteiger charge is 2.14. The molecule has 0 heterocycles. The number of nitrogens with one attached hydrogen (secondary N) is 1. The van der Waals surface area contributed by atoms with E-state index in [1.54, 1.807) is 12.1 Å². The second-order valence-electron chi connectivity index (χ2n) is 4.93.